The van der Waals surface area contributed by atoms with Crippen LogP contribution in [0, 0.1) is 6.92 Å². The number of aliphatic hydroxyl groups is 1. The largest absolute Gasteiger partial charge is 0.394 e. The van der Waals surface area contributed by atoms with Crippen LogP contribution in [-0.4, -0.2) is 40.1 Å². The van der Waals surface area contributed by atoms with Crippen LogP contribution in [0.2, 0.25) is 0 Å². The first-order valence-corrected chi connectivity index (χ1v) is 5.94. The van der Waals surface area contributed by atoms with Gasteiger partial charge in [0.2, 0.25) is 0 Å². The van der Waals surface area contributed by atoms with Gasteiger partial charge in [-0.05, 0) is 19.8 Å². The van der Waals surface area contributed by atoms with Gasteiger partial charge < -0.3 is 10.0 Å². The van der Waals surface area contributed by atoms with Gasteiger partial charge in [0.1, 0.15) is 0 Å². The quantitative estimate of drug-likeness (QED) is 0.820. The second-order valence-electron chi connectivity index (χ2n) is 3.77. The standard InChI is InChI=1S/C10H14N2O2S/c1-7-6-15-9(11-7)10(14)12-4-2-3-8(12)5-13/h6,8,13H,2-5H2,1H3/t8-/m0/s1. The molecular formula is C10H14N2O2S. The lowest BCUT2D eigenvalue weighted by Gasteiger charge is -2.21. The molecule has 1 amide bonds. The Hall–Kier alpha value is -0.940. The predicted molar refractivity (Wildman–Crippen MR) is 58.0 cm³/mol. The van der Waals surface area contributed by atoms with Crippen LogP contribution in [0.3, 0.4) is 0 Å². The first-order chi connectivity index (χ1) is 7.22. The van der Waals surface area contributed by atoms with E-state index in [1.54, 1.807) is 4.90 Å². The molecule has 15 heavy (non-hydrogen) atoms. The molecule has 1 N–H and O–H groups in total. The normalized spacial score (nSPS) is 20.9. The fraction of sp³-hybridized carbons (Fsp3) is 0.600. The molecule has 0 aromatic carbocycles. The lowest BCUT2D eigenvalue weighted by atomic mass is 10.2. The molecular weight excluding hydrogens is 212 g/mol. The number of aliphatic hydroxyl groups excluding tert-OH is 1. The van der Waals surface area contributed by atoms with Crippen LogP contribution >= 0.6 is 11.3 Å². The molecule has 0 spiro atoms. The third-order valence-electron chi connectivity index (χ3n) is 2.65. The molecule has 4 nitrogen and oxygen atoms in total. The average Bonchev–Trinajstić information content (AvgIpc) is 2.84. The van der Waals surface area contributed by atoms with Crippen LogP contribution in [0.4, 0.5) is 0 Å². The monoisotopic (exact) mass is 226 g/mol. The van der Waals surface area contributed by atoms with Gasteiger partial charge in [-0.2, -0.15) is 0 Å². The molecule has 1 aliphatic rings. The van der Waals surface area contributed by atoms with E-state index in [4.69, 9.17) is 5.11 Å². The van der Waals surface area contributed by atoms with Crippen molar-refractivity contribution in [1.82, 2.24) is 9.88 Å². The summed E-state index contributed by atoms with van der Waals surface area (Å²) >= 11 is 1.37. The van der Waals surface area contributed by atoms with E-state index in [2.05, 4.69) is 4.98 Å². The Labute approximate surface area is 92.6 Å². The van der Waals surface area contributed by atoms with Crippen molar-refractivity contribution in [2.24, 2.45) is 0 Å². The van der Waals surface area contributed by atoms with Crippen molar-refractivity contribution in [1.29, 1.82) is 0 Å². The van der Waals surface area contributed by atoms with Gasteiger partial charge in [0.05, 0.1) is 12.6 Å². The fourth-order valence-electron chi connectivity index (χ4n) is 1.87. The molecule has 2 heterocycles. The molecule has 1 atom stereocenters. The molecule has 2 rings (SSSR count). The molecule has 1 aromatic rings. The molecule has 1 aromatic heterocycles. The predicted octanol–water partition coefficient (Wildman–Crippen LogP) is 1.05. The van der Waals surface area contributed by atoms with Gasteiger partial charge in [-0.25, -0.2) is 4.98 Å². The Morgan fingerprint density at radius 2 is 2.60 bits per heavy atom. The molecule has 0 bridgehead atoms. The number of carbonyl (C=O) groups is 1. The van der Waals surface area contributed by atoms with Gasteiger partial charge in [0, 0.05) is 17.6 Å². The van der Waals surface area contributed by atoms with Gasteiger partial charge in [-0.15, -0.1) is 11.3 Å². The fourth-order valence-corrected chi connectivity index (χ4v) is 2.62. The Kier molecular flexibility index (Phi) is 3.02. The molecule has 82 valence electrons. The van der Waals surface area contributed by atoms with Crippen molar-refractivity contribution in [2.45, 2.75) is 25.8 Å². The maximum absolute atomic E-state index is 12.0. The zero-order valence-electron chi connectivity index (χ0n) is 8.64. The third-order valence-corrected chi connectivity index (χ3v) is 3.60. The van der Waals surface area contributed by atoms with Crippen LogP contribution in [0.5, 0.6) is 0 Å². The molecule has 0 aliphatic carbocycles. The summed E-state index contributed by atoms with van der Waals surface area (Å²) < 4.78 is 0. The molecule has 1 saturated heterocycles. The Bertz CT molecular complexity index is 364. The third kappa shape index (κ3) is 2.03. The lowest BCUT2D eigenvalue weighted by molar-refractivity contribution is 0.0677. The SMILES string of the molecule is Cc1csc(C(=O)N2CCC[C@H]2CO)n1. The minimum Gasteiger partial charge on any atom is -0.394 e. The number of likely N-dealkylation sites (tertiary alicyclic amines) is 1. The number of hydrogen-bond acceptors (Lipinski definition) is 4. The van der Waals surface area contributed by atoms with E-state index in [9.17, 15) is 4.79 Å². The minimum absolute atomic E-state index is 0.0123. The van der Waals surface area contributed by atoms with Crippen LogP contribution in [-0.2, 0) is 0 Å². The van der Waals surface area contributed by atoms with Crippen molar-refractivity contribution in [2.75, 3.05) is 13.2 Å². The summed E-state index contributed by atoms with van der Waals surface area (Å²) in [6.45, 7) is 2.67. The molecule has 0 radical (unpaired) electrons. The van der Waals surface area contributed by atoms with Crippen LogP contribution in [0.1, 0.15) is 28.3 Å². The second-order valence-corrected chi connectivity index (χ2v) is 4.63. The number of thiazole rings is 1. The van der Waals surface area contributed by atoms with Gasteiger partial charge in [0.25, 0.3) is 5.91 Å². The maximum Gasteiger partial charge on any atom is 0.283 e. The summed E-state index contributed by atoms with van der Waals surface area (Å²) in [5, 5.41) is 11.5. The van der Waals surface area contributed by atoms with Gasteiger partial charge in [-0.3, -0.25) is 4.79 Å². The highest BCUT2D eigenvalue weighted by molar-refractivity contribution is 7.11. The molecule has 1 aliphatic heterocycles. The van der Waals surface area contributed by atoms with Crippen molar-refractivity contribution in [3.63, 3.8) is 0 Å². The zero-order valence-corrected chi connectivity index (χ0v) is 9.46. The van der Waals surface area contributed by atoms with Crippen LogP contribution < -0.4 is 0 Å². The van der Waals surface area contributed by atoms with E-state index in [-0.39, 0.29) is 18.6 Å². The number of carbonyl (C=O) groups excluding carboxylic acids is 1. The summed E-state index contributed by atoms with van der Waals surface area (Å²) in [4.78, 5) is 17.9. The number of hydrogen-bond donors (Lipinski definition) is 1. The molecule has 5 heteroatoms. The molecule has 0 saturated carbocycles. The van der Waals surface area contributed by atoms with Crippen molar-refractivity contribution < 1.29 is 9.90 Å². The van der Waals surface area contributed by atoms with Gasteiger partial charge in [0.15, 0.2) is 5.01 Å². The first-order valence-electron chi connectivity index (χ1n) is 5.06. The number of aromatic nitrogens is 1. The lowest BCUT2D eigenvalue weighted by Crippen LogP contribution is -2.37. The van der Waals surface area contributed by atoms with E-state index in [0.29, 0.717) is 5.01 Å². The summed E-state index contributed by atoms with van der Waals surface area (Å²) in [6, 6.07) is -0.0123. The number of rotatable bonds is 2. The number of amides is 1. The van der Waals surface area contributed by atoms with Crippen molar-refractivity contribution in [3.8, 4) is 0 Å². The highest BCUT2D eigenvalue weighted by atomic mass is 32.1. The highest BCUT2D eigenvalue weighted by Gasteiger charge is 2.29. The Balaban J connectivity index is 2.13. The molecule has 1 fully saturated rings. The smallest absolute Gasteiger partial charge is 0.283 e. The van der Waals surface area contributed by atoms with Crippen LogP contribution in [0.25, 0.3) is 0 Å². The summed E-state index contributed by atoms with van der Waals surface area (Å²) in [5.41, 5.74) is 0.878. The zero-order chi connectivity index (χ0) is 10.8. The minimum atomic E-state index is -0.0374. The van der Waals surface area contributed by atoms with E-state index < -0.39 is 0 Å². The van der Waals surface area contributed by atoms with Crippen LogP contribution in [0.15, 0.2) is 5.38 Å². The van der Waals surface area contributed by atoms with Crippen molar-refractivity contribution >= 4 is 17.2 Å². The first kappa shape index (κ1) is 10.6. The average molecular weight is 226 g/mol. The van der Waals surface area contributed by atoms with E-state index in [0.717, 1.165) is 25.1 Å². The van der Waals surface area contributed by atoms with Gasteiger partial charge in [-0.1, -0.05) is 0 Å². The molecule has 0 unspecified atom stereocenters. The Morgan fingerprint density at radius 3 is 3.20 bits per heavy atom. The van der Waals surface area contributed by atoms with E-state index >= 15 is 0 Å². The summed E-state index contributed by atoms with van der Waals surface area (Å²) in [5.74, 6) is -0.0374. The van der Waals surface area contributed by atoms with Crippen molar-refractivity contribution in [3.05, 3.63) is 16.1 Å². The number of aryl methyl sites for hydroxylation is 1. The van der Waals surface area contributed by atoms with E-state index in [1.165, 1.54) is 11.3 Å². The Morgan fingerprint density at radius 1 is 1.80 bits per heavy atom. The highest BCUT2D eigenvalue weighted by Crippen LogP contribution is 2.21. The van der Waals surface area contributed by atoms with Gasteiger partial charge >= 0.3 is 0 Å². The summed E-state index contributed by atoms with van der Waals surface area (Å²) in [7, 11) is 0. The van der Waals surface area contributed by atoms with E-state index in [1.807, 2.05) is 12.3 Å². The maximum atomic E-state index is 12.0. The summed E-state index contributed by atoms with van der Waals surface area (Å²) in [6.07, 6.45) is 1.87. The number of nitrogens with zero attached hydrogens (tertiary/aromatic N) is 2. The topological polar surface area (TPSA) is 53.4 Å². The second kappa shape index (κ2) is 4.28.